The van der Waals surface area contributed by atoms with E-state index in [1.807, 2.05) is 30.3 Å². The number of rotatable bonds is 2. The summed E-state index contributed by atoms with van der Waals surface area (Å²) in [5.41, 5.74) is 2.37. The summed E-state index contributed by atoms with van der Waals surface area (Å²) in [6.07, 6.45) is 6.74. The van der Waals surface area contributed by atoms with Gasteiger partial charge in [0.05, 0.1) is 12.7 Å². The lowest BCUT2D eigenvalue weighted by Gasteiger charge is -2.51. The van der Waals surface area contributed by atoms with Gasteiger partial charge in [0.25, 0.3) is 0 Å². The van der Waals surface area contributed by atoms with Crippen LogP contribution in [-0.2, 0) is 4.74 Å². The highest BCUT2D eigenvalue weighted by atomic mass is 16.5. The van der Waals surface area contributed by atoms with Crippen molar-refractivity contribution < 1.29 is 9.84 Å². The summed E-state index contributed by atoms with van der Waals surface area (Å²) in [4.78, 5) is 0. The van der Waals surface area contributed by atoms with Crippen LogP contribution in [0.1, 0.15) is 37.7 Å². The fourth-order valence-electron chi connectivity index (χ4n) is 5.88. The molecule has 4 saturated carbocycles. The minimum Gasteiger partial charge on any atom is -0.507 e. The summed E-state index contributed by atoms with van der Waals surface area (Å²) in [5.74, 6) is 4.52. The highest BCUT2D eigenvalue weighted by molar-refractivity contribution is 5.92. The van der Waals surface area contributed by atoms with Gasteiger partial charge in [0.1, 0.15) is 11.5 Å². The van der Waals surface area contributed by atoms with E-state index in [2.05, 4.69) is 6.07 Å². The molecule has 0 heterocycles. The van der Waals surface area contributed by atoms with Crippen molar-refractivity contribution in [3.8, 4) is 5.75 Å². The normalized spacial score (nSPS) is 30.8. The molecule has 124 valence electrons. The van der Waals surface area contributed by atoms with Gasteiger partial charge in [0, 0.05) is 5.39 Å². The number of fused-ring (bicyclic) bond motifs is 1. The first-order chi connectivity index (χ1) is 11.7. The molecule has 0 spiro atoms. The summed E-state index contributed by atoms with van der Waals surface area (Å²) in [5, 5.41) is 12.9. The molecule has 0 aromatic heterocycles. The van der Waals surface area contributed by atoms with E-state index in [4.69, 9.17) is 4.74 Å². The smallest absolute Gasteiger partial charge is 0.134 e. The van der Waals surface area contributed by atoms with Gasteiger partial charge in [0.2, 0.25) is 0 Å². The summed E-state index contributed by atoms with van der Waals surface area (Å²) in [6, 6.07) is 12.2. The first kappa shape index (κ1) is 14.4. The number of aromatic hydroxyl groups is 1. The number of ether oxygens (including phenoxy) is 1. The Morgan fingerprint density at radius 3 is 2.25 bits per heavy atom. The predicted molar refractivity (Wildman–Crippen MR) is 96.6 cm³/mol. The van der Waals surface area contributed by atoms with Crippen molar-refractivity contribution in [1.29, 1.82) is 0 Å². The van der Waals surface area contributed by atoms with Gasteiger partial charge in [-0.3, -0.25) is 0 Å². The Morgan fingerprint density at radius 1 is 0.917 bits per heavy atom. The fraction of sp³-hybridized carbons (Fsp3) is 0.455. The molecule has 0 atom stereocenters. The number of hydrogen-bond donors (Lipinski definition) is 1. The topological polar surface area (TPSA) is 29.5 Å². The third kappa shape index (κ3) is 2.02. The molecule has 0 amide bonds. The minimum absolute atomic E-state index is 0.367. The molecule has 0 aliphatic heterocycles. The minimum atomic E-state index is 0.367. The second kappa shape index (κ2) is 5.27. The molecule has 4 aliphatic rings. The Morgan fingerprint density at radius 2 is 1.58 bits per heavy atom. The van der Waals surface area contributed by atoms with Crippen LogP contribution >= 0.6 is 0 Å². The van der Waals surface area contributed by atoms with Crippen LogP contribution in [-0.4, -0.2) is 12.2 Å². The van der Waals surface area contributed by atoms with Gasteiger partial charge < -0.3 is 9.84 Å². The maximum atomic E-state index is 10.9. The van der Waals surface area contributed by atoms with E-state index in [9.17, 15) is 5.11 Å². The number of hydrogen-bond acceptors (Lipinski definition) is 2. The molecule has 4 aliphatic carbocycles. The van der Waals surface area contributed by atoms with Crippen molar-refractivity contribution in [3.63, 3.8) is 0 Å². The van der Waals surface area contributed by atoms with Gasteiger partial charge in [-0.05, 0) is 72.8 Å². The van der Waals surface area contributed by atoms with Crippen LogP contribution in [0.4, 0.5) is 0 Å². The van der Waals surface area contributed by atoms with Crippen LogP contribution in [0.2, 0.25) is 0 Å². The molecule has 24 heavy (non-hydrogen) atoms. The van der Waals surface area contributed by atoms with Crippen molar-refractivity contribution >= 4 is 16.5 Å². The van der Waals surface area contributed by atoms with E-state index in [0.29, 0.717) is 17.6 Å². The highest BCUT2D eigenvalue weighted by Crippen LogP contribution is 2.58. The average Bonchev–Trinajstić information content (AvgIpc) is 2.59. The lowest BCUT2D eigenvalue weighted by Crippen LogP contribution is -2.40. The zero-order valence-corrected chi connectivity index (χ0v) is 14.2. The van der Waals surface area contributed by atoms with Crippen molar-refractivity contribution in [3.05, 3.63) is 47.5 Å². The van der Waals surface area contributed by atoms with Crippen molar-refractivity contribution in [1.82, 2.24) is 0 Å². The molecule has 2 heteroatoms. The van der Waals surface area contributed by atoms with E-state index in [1.54, 1.807) is 7.11 Å². The summed E-state index contributed by atoms with van der Waals surface area (Å²) in [6.45, 7) is 0. The Labute approximate surface area is 143 Å². The highest BCUT2D eigenvalue weighted by Gasteiger charge is 2.46. The number of phenols is 1. The number of benzene rings is 2. The third-order valence-corrected chi connectivity index (χ3v) is 6.63. The molecule has 2 nitrogen and oxygen atoms in total. The molecule has 6 rings (SSSR count). The maximum Gasteiger partial charge on any atom is 0.134 e. The van der Waals surface area contributed by atoms with Gasteiger partial charge in [-0.25, -0.2) is 0 Å². The van der Waals surface area contributed by atoms with Crippen molar-refractivity contribution in [2.75, 3.05) is 7.11 Å². The lowest BCUT2D eigenvalue weighted by atomic mass is 9.54. The van der Waals surface area contributed by atoms with E-state index in [0.717, 1.165) is 33.9 Å². The van der Waals surface area contributed by atoms with E-state index < -0.39 is 0 Å². The Balaban J connectivity index is 1.68. The number of phenolic OH excluding ortho intramolecular Hbond substituents is 1. The third-order valence-electron chi connectivity index (χ3n) is 6.63. The molecule has 2 aromatic rings. The van der Waals surface area contributed by atoms with E-state index in [1.165, 1.54) is 37.7 Å². The summed E-state index contributed by atoms with van der Waals surface area (Å²) < 4.78 is 5.91. The van der Waals surface area contributed by atoms with Gasteiger partial charge >= 0.3 is 0 Å². The fourth-order valence-corrected chi connectivity index (χ4v) is 5.88. The molecule has 4 bridgehead atoms. The van der Waals surface area contributed by atoms with Crippen LogP contribution in [0.15, 0.2) is 42.0 Å². The van der Waals surface area contributed by atoms with Crippen LogP contribution < -0.4 is 0 Å². The van der Waals surface area contributed by atoms with Crippen LogP contribution in [0.25, 0.3) is 16.5 Å². The number of methoxy groups -OCH3 is 1. The Hall–Kier alpha value is -1.96. The quantitative estimate of drug-likeness (QED) is 0.755. The zero-order chi connectivity index (χ0) is 16.3. The predicted octanol–water partition coefficient (Wildman–Crippen LogP) is 5.36. The Bertz CT molecular complexity index is 803. The second-order valence-corrected chi connectivity index (χ2v) is 7.98. The first-order valence-corrected chi connectivity index (χ1v) is 9.23. The molecular formula is C22H24O2. The summed E-state index contributed by atoms with van der Waals surface area (Å²) >= 11 is 0. The summed E-state index contributed by atoms with van der Waals surface area (Å²) in [7, 11) is 1.77. The van der Waals surface area contributed by atoms with Gasteiger partial charge in [0.15, 0.2) is 0 Å². The second-order valence-electron chi connectivity index (χ2n) is 7.98. The van der Waals surface area contributed by atoms with Crippen molar-refractivity contribution in [2.45, 2.75) is 32.1 Å². The maximum absolute atomic E-state index is 10.9. The van der Waals surface area contributed by atoms with Crippen LogP contribution in [0.3, 0.4) is 0 Å². The molecular weight excluding hydrogens is 296 g/mol. The van der Waals surface area contributed by atoms with Crippen LogP contribution in [0.5, 0.6) is 5.75 Å². The van der Waals surface area contributed by atoms with Crippen molar-refractivity contribution in [2.24, 2.45) is 23.7 Å². The monoisotopic (exact) mass is 320 g/mol. The molecule has 4 fully saturated rings. The van der Waals surface area contributed by atoms with E-state index in [-0.39, 0.29) is 0 Å². The van der Waals surface area contributed by atoms with Crippen LogP contribution in [0, 0.1) is 23.7 Å². The van der Waals surface area contributed by atoms with E-state index >= 15 is 0 Å². The Kier molecular flexibility index (Phi) is 3.16. The first-order valence-electron chi connectivity index (χ1n) is 9.23. The SMILES string of the molecule is COC(=C1C2CC3CC(C2)CC1C3)c1ccc2ccccc2c1O. The van der Waals surface area contributed by atoms with Gasteiger partial charge in [-0.15, -0.1) is 0 Å². The standard InChI is InChI=1S/C22H24O2/c1-24-22(19-7-6-15-4-2-3-5-18(15)21(19)23)20-16-9-13-8-14(11-16)12-17(20)10-13/h2-7,13-14,16-17,23H,8-12H2,1H3. The van der Waals surface area contributed by atoms with Gasteiger partial charge in [-0.2, -0.15) is 0 Å². The zero-order valence-electron chi connectivity index (χ0n) is 14.2. The molecule has 2 aromatic carbocycles. The number of allylic oxidation sites excluding steroid dienone is 1. The molecule has 0 saturated heterocycles. The molecule has 0 unspecified atom stereocenters. The molecule has 0 radical (unpaired) electrons. The van der Waals surface area contributed by atoms with Gasteiger partial charge in [-0.1, -0.05) is 30.3 Å². The largest absolute Gasteiger partial charge is 0.507 e. The molecule has 1 N–H and O–H groups in total. The lowest BCUT2D eigenvalue weighted by molar-refractivity contribution is 0.0675. The average molecular weight is 320 g/mol.